The minimum atomic E-state index is -0.609. The molecule has 0 saturated carbocycles. The van der Waals surface area contributed by atoms with Gasteiger partial charge in [0, 0.05) is 18.2 Å². The molecule has 110 valence electrons. The molecule has 3 aromatic rings. The van der Waals surface area contributed by atoms with Gasteiger partial charge in [0.25, 0.3) is 5.69 Å². The summed E-state index contributed by atoms with van der Waals surface area (Å²) >= 11 is 0. The Bertz CT molecular complexity index is 873. The molecular formula is C12H6N4O6. The van der Waals surface area contributed by atoms with E-state index < -0.39 is 9.85 Å². The van der Waals surface area contributed by atoms with Gasteiger partial charge in [-0.25, -0.2) is 4.63 Å². The fraction of sp³-hybridized carbons (Fsp3) is 0. The first-order valence-electron chi connectivity index (χ1n) is 5.88. The number of nitro benzene ring substituents is 2. The summed E-state index contributed by atoms with van der Waals surface area (Å²) in [5, 5.41) is 28.5. The van der Waals surface area contributed by atoms with E-state index in [0.717, 1.165) is 0 Å². The number of hydrogen-bond acceptors (Lipinski definition) is 8. The van der Waals surface area contributed by atoms with Gasteiger partial charge < -0.3 is 4.74 Å². The summed E-state index contributed by atoms with van der Waals surface area (Å²) in [5.74, 6) is 0.499. The monoisotopic (exact) mass is 302 g/mol. The van der Waals surface area contributed by atoms with Crippen LogP contribution >= 0.6 is 0 Å². The smallest absolute Gasteiger partial charge is 0.301 e. The number of rotatable bonds is 4. The topological polar surface area (TPSA) is 134 Å². The van der Waals surface area contributed by atoms with Gasteiger partial charge in [0.2, 0.25) is 5.52 Å². The van der Waals surface area contributed by atoms with Crippen LogP contribution in [0.4, 0.5) is 11.4 Å². The highest BCUT2D eigenvalue weighted by atomic mass is 16.6. The van der Waals surface area contributed by atoms with E-state index in [1.807, 2.05) is 0 Å². The molecule has 1 aromatic heterocycles. The maximum Gasteiger partial charge on any atom is 0.301 e. The fourth-order valence-corrected chi connectivity index (χ4v) is 1.82. The molecule has 10 nitrogen and oxygen atoms in total. The number of ether oxygens (including phenoxy) is 1. The van der Waals surface area contributed by atoms with Crippen molar-refractivity contribution in [3.63, 3.8) is 0 Å². The highest BCUT2D eigenvalue weighted by Gasteiger charge is 2.20. The van der Waals surface area contributed by atoms with Crippen LogP contribution in [0.2, 0.25) is 0 Å². The van der Waals surface area contributed by atoms with E-state index in [9.17, 15) is 20.2 Å². The van der Waals surface area contributed by atoms with E-state index in [1.165, 1.54) is 36.4 Å². The maximum absolute atomic E-state index is 10.9. The number of hydrogen-bond donors (Lipinski definition) is 0. The van der Waals surface area contributed by atoms with Crippen molar-refractivity contribution in [2.24, 2.45) is 0 Å². The Morgan fingerprint density at radius 3 is 2.23 bits per heavy atom. The van der Waals surface area contributed by atoms with E-state index in [4.69, 9.17) is 4.74 Å². The summed E-state index contributed by atoms with van der Waals surface area (Å²) in [6.45, 7) is 0. The zero-order valence-electron chi connectivity index (χ0n) is 10.7. The summed E-state index contributed by atoms with van der Waals surface area (Å²) in [6.07, 6.45) is 0. The fourth-order valence-electron chi connectivity index (χ4n) is 1.82. The molecular weight excluding hydrogens is 296 g/mol. The number of non-ortho nitro benzene ring substituents is 2. The van der Waals surface area contributed by atoms with Gasteiger partial charge in [-0.2, -0.15) is 0 Å². The van der Waals surface area contributed by atoms with Gasteiger partial charge in [0.1, 0.15) is 5.75 Å². The van der Waals surface area contributed by atoms with Crippen molar-refractivity contribution >= 4 is 22.4 Å². The first-order valence-corrected chi connectivity index (χ1v) is 5.88. The molecule has 10 heteroatoms. The summed E-state index contributed by atoms with van der Waals surface area (Å²) in [6, 6.07) is 7.93. The summed E-state index contributed by atoms with van der Waals surface area (Å²) in [5.41, 5.74) is -0.284. The third-order valence-electron chi connectivity index (χ3n) is 2.83. The van der Waals surface area contributed by atoms with Crippen molar-refractivity contribution < 1.29 is 19.2 Å². The Kier molecular flexibility index (Phi) is 3.10. The second kappa shape index (κ2) is 5.09. The van der Waals surface area contributed by atoms with Gasteiger partial charge in [-0.15, -0.1) is 0 Å². The molecule has 0 unspecified atom stereocenters. The Hall–Kier alpha value is -3.56. The zero-order chi connectivity index (χ0) is 15.7. The molecule has 0 atom stereocenters. The molecule has 22 heavy (non-hydrogen) atoms. The summed E-state index contributed by atoms with van der Waals surface area (Å²) < 4.78 is 10.0. The van der Waals surface area contributed by atoms with Crippen LogP contribution < -0.4 is 4.74 Å². The van der Waals surface area contributed by atoms with E-state index in [-0.39, 0.29) is 28.2 Å². The van der Waals surface area contributed by atoms with Crippen LogP contribution in [0.1, 0.15) is 0 Å². The van der Waals surface area contributed by atoms with Crippen LogP contribution in [0.5, 0.6) is 11.5 Å². The molecule has 0 aliphatic heterocycles. The van der Waals surface area contributed by atoms with Gasteiger partial charge in [-0.3, -0.25) is 20.2 Å². The summed E-state index contributed by atoms with van der Waals surface area (Å²) in [4.78, 5) is 20.3. The largest absolute Gasteiger partial charge is 0.455 e. The normalized spacial score (nSPS) is 10.5. The van der Waals surface area contributed by atoms with Crippen LogP contribution in [-0.2, 0) is 0 Å². The predicted molar refractivity (Wildman–Crippen MR) is 71.6 cm³/mol. The molecule has 0 radical (unpaired) electrons. The second-order valence-corrected chi connectivity index (χ2v) is 4.15. The lowest BCUT2D eigenvalue weighted by Crippen LogP contribution is -1.92. The Morgan fingerprint density at radius 1 is 0.909 bits per heavy atom. The number of aromatic nitrogens is 2. The van der Waals surface area contributed by atoms with Gasteiger partial charge in [0.05, 0.1) is 9.85 Å². The molecule has 0 aliphatic rings. The van der Waals surface area contributed by atoms with Gasteiger partial charge >= 0.3 is 5.69 Å². The molecule has 1 heterocycles. The van der Waals surface area contributed by atoms with Crippen LogP contribution in [-0.4, -0.2) is 20.2 Å². The van der Waals surface area contributed by atoms with Crippen molar-refractivity contribution in [1.82, 2.24) is 10.3 Å². The molecule has 0 bridgehead atoms. The van der Waals surface area contributed by atoms with Crippen molar-refractivity contribution in [3.8, 4) is 11.5 Å². The molecule has 0 saturated heterocycles. The quantitative estimate of drug-likeness (QED) is 0.530. The Balaban J connectivity index is 1.97. The standard InChI is InChI=1S/C12H6N4O6/c17-15(18)7-1-3-8(4-2-7)21-10-6-5-9(16(19)20)11-12(10)14-22-13-11/h1-6H. The van der Waals surface area contributed by atoms with Gasteiger partial charge in [0.15, 0.2) is 11.3 Å². The zero-order valence-corrected chi connectivity index (χ0v) is 10.7. The minimum Gasteiger partial charge on any atom is -0.455 e. The maximum atomic E-state index is 10.9. The van der Waals surface area contributed by atoms with Crippen molar-refractivity contribution in [3.05, 3.63) is 56.6 Å². The molecule has 3 rings (SSSR count). The van der Waals surface area contributed by atoms with E-state index in [1.54, 1.807) is 0 Å². The minimum absolute atomic E-state index is 0.0376. The number of fused-ring (bicyclic) bond motifs is 1. The Labute approximate surface area is 121 Å². The lowest BCUT2D eigenvalue weighted by molar-refractivity contribution is -0.384. The van der Waals surface area contributed by atoms with Crippen LogP contribution in [0.25, 0.3) is 11.0 Å². The molecule has 0 amide bonds. The van der Waals surface area contributed by atoms with E-state index in [2.05, 4.69) is 14.9 Å². The van der Waals surface area contributed by atoms with Gasteiger partial charge in [-0.1, -0.05) is 0 Å². The van der Waals surface area contributed by atoms with Crippen molar-refractivity contribution in [2.45, 2.75) is 0 Å². The van der Waals surface area contributed by atoms with Crippen LogP contribution in [0.15, 0.2) is 41.0 Å². The average molecular weight is 302 g/mol. The first-order chi connectivity index (χ1) is 10.6. The van der Waals surface area contributed by atoms with Crippen LogP contribution in [0.3, 0.4) is 0 Å². The molecule has 0 fully saturated rings. The number of nitro groups is 2. The van der Waals surface area contributed by atoms with Crippen molar-refractivity contribution in [2.75, 3.05) is 0 Å². The average Bonchev–Trinajstić information content (AvgIpc) is 2.97. The van der Waals surface area contributed by atoms with E-state index >= 15 is 0 Å². The SMILES string of the molecule is O=[N+]([O-])c1ccc(Oc2ccc([N+](=O)[O-])c3nonc23)cc1. The number of benzene rings is 2. The third-order valence-corrected chi connectivity index (χ3v) is 2.83. The lowest BCUT2D eigenvalue weighted by atomic mass is 10.2. The Morgan fingerprint density at radius 2 is 1.59 bits per heavy atom. The summed E-state index contributed by atoms with van der Waals surface area (Å²) in [7, 11) is 0. The van der Waals surface area contributed by atoms with E-state index in [0.29, 0.717) is 5.75 Å². The number of nitrogens with zero attached hydrogens (tertiary/aromatic N) is 4. The molecule has 0 spiro atoms. The third kappa shape index (κ3) is 2.28. The molecule has 0 N–H and O–H groups in total. The molecule has 2 aromatic carbocycles. The van der Waals surface area contributed by atoms with Gasteiger partial charge in [-0.05, 0) is 28.5 Å². The second-order valence-electron chi connectivity index (χ2n) is 4.15. The first kappa shape index (κ1) is 13.4. The lowest BCUT2D eigenvalue weighted by Gasteiger charge is -2.05. The molecule has 0 aliphatic carbocycles. The van der Waals surface area contributed by atoms with Crippen molar-refractivity contribution in [1.29, 1.82) is 0 Å². The van der Waals surface area contributed by atoms with Crippen LogP contribution in [0, 0.1) is 20.2 Å². The highest BCUT2D eigenvalue weighted by molar-refractivity contribution is 5.88. The highest BCUT2D eigenvalue weighted by Crippen LogP contribution is 2.33. The predicted octanol–water partition coefficient (Wildman–Crippen LogP) is 2.83.